The first-order chi connectivity index (χ1) is 12.0. The standard InChI is InChI=1S/C19H18N2O3S/c1-13(18(22)21-17-11-7-6-8-15(17)12-20)24-19(23)14(2)25-16-9-4-3-5-10-16/h3-11,13-14H,1-2H3,(H,21,22)/t13-,14+/m1/s1. The van der Waals surface area contributed by atoms with Gasteiger partial charge in [0.15, 0.2) is 6.10 Å². The molecule has 0 saturated carbocycles. The molecule has 0 aliphatic rings. The lowest BCUT2D eigenvalue weighted by Crippen LogP contribution is -2.32. The number of amides is 1. The van der Waals surface area contributed by atoms with E-state index < -0.39 is 23.2 Å². The third-order valence-electron chi connectivity index (χ3n) is 3.36. The maximum atomic E-state index is 12.2. The Kier molecular flexibility index (Phi) is 6.61. The number of anilines is 1. The number of thioether (sulfide) groups is 1. The monoisotopic (exact) mass is 354 g/mol. The molecule has 1 amide bonds. The molecule has 0 aliphatic heterocycles. The first-order valence-corrected chi connectivity index (χ1v) is 8.61. The van der Waals surface area contributed by atoms with Crippen LogP contribution in [0.5, 0.6) is 0 Å². The van der Waals surface area contributed by atoms with Crippen LogP contribution in [0.2, 0.25) is 0 Å². The van der Waals surface area contributed by atoms with Gasteiger partial charge in [0.05, 0.1) is 11.3 Å². The highest BCUT2D eigenvalue weighted by atomic mass is 32.2. The van der Waals surface area contributed by atoms with Crippen molar-refractivity contribution in [2.75, 3.05) is 5.32 Å². The van der Waals surface area contributed by atoms with E-state index in [0.29, 0.717) is 11.3 Å². The van der Waals surface area contributed by atoms with E-state index in [4.69, 9.17) is 10.00 Å². The van der Waals surface area contributed by atoms with Crippen molar-refractivity contribution in [2.45, 2.75) is 30.1 Å². The highest BCUT2D eigenvalue weighted by Crippen LogP contribution is 2.24. The van der Waals surface area contributed by atoms with E-state index in [-0.39, 0.29) is 0 Å². The maximum Gasteiger partial charge on any atom is 0.319 e. The number of rotatable bonds is 6. The summed E-state index contributed by atoms with van der Waals surface area (Å²) in [6.07, 6.45) is -0.960. The van der Waals surface area contributed by atoms with Gasteiger partial charge in [-0.2, -0.15) is 5.26 Å². The zero-order chi connectivity index (χ0) is 18.2. The SMILES string of the molecule is C[C@H](Sc1ccccc1)C(=O)O[C@H](C)C(=O)Nc1ccccc1C#N. The van der Waals surface area contributed by atoms with Crippen molar-refractivity contribution in [2.24, 2.45) is 0 Å². The van der Waals surface area contributed by atoms with Crippen LogP contribution in [0, 0.1) is 11.3 Å². The molecule has 6 heteroatoms. The van der Waals surface area contributed by atoms with Crippen LogP contribution >= 0.6 is 11.8 Å². The molecule has 0 heterocycles. The van der Waals surface area contributed by atoms with Gasteiger partial charge in [-0.25, -0.2) is 0 Å². The zero-order valence-corrected chi connectivity index (χ0v) is 14.7. The van der Waals surface area contributed by atoms with E-state index >= 15 is 0 Å². The van der Waals surface area contributed by atoms with E-state index in [1.54, 1.807) is 31.2 Å². The number of nitrogens with one attached hydrogen (secondary N) is 1. The van der Waals surface area contributed by atoms with Crippen molar-refractivity contribution in [3.63, 3.8) is 0 Å². The molecule has 2 atom stereocenters. The molecule has 5 nitrogen and oxygen atoms in total. The molecule has 0 fully saturated rings. The minimum Gasteiger partial charge on any atom is -0.452 e. The Morgan fingerprint density at radius 1 is 1.08 bits per heavy atom. The van der Waals surface area contributed by atoms with Gasteiger partial charge in [-0.1, -0.05) is 30.3 Å². The first-order valence-electron chi connectivity index (χ1n) is 7.73. The molecule has 1 N–H and O–H groups in total. The third kappa shape index (κ3) is 5.37. The number of benzene rings is 2. The van der Waals surface area contributed by atoms with E-state index in [9.17, 15) is 9.59 Å². The average molecular weight is 354 g/mol. The van der Waals surface area contributed by atoms with E-state index in [0.717, 1.165) is 4.90 Å². The largest absolute Gasteiger partial charge is 0.452 e. The van der Waals surface area contributed by atoms with Gasteiger partial charge in [0.1, 0.15) is 11.3 Å². The van der Waals surface area contributed by atoms with Crippen LogP contribution < -0.4 is 5.32 Å². The summed E-state index contributed by atoms with van der Waals surface area (Å²) in [4.78, 5) is 25.3. The number of nitriles is 1. The lowest BCUT2D eigenvalue weighted by atomic mass is 10.2. The molecule has 0 spiro atoms. The van der Waals surface area contributed by atoms with Gasteiger partial charge in [-0.15, -0.1) is 11.8 Å². The van der Waals surface area contributed by atoms with Crippen molar-refractivity contribution in [3.05, 3.63) is 60.2 Å². The Balaban J connectivity index is 1.92. The van der Waals surface area contributed by atoms with Crippen LogP contribution in [0.3, 0.4) is 0 Å². The number of ether oxygens (including phenoxy) is 1. The molecule has 0 unspecified atom stereocenters. The van der Waals surface area contributed by atoms with Gasteiger partial charge in [-0.3, -0.25) is 9.59 Å². The van der Waals surface area contributed by atoms with Crippen LogP contribution in [-0.2, 0) is 14.3 Å². The van der Waals surface area contributed by atoms with E-state index in [1.807, 2.05) is 36.4 Å². The highest BCUT2D eigenvalue weighted by Gasteiger charge is 2.23. The molecular weight excluding hydrogens is 336 g/mol. The van der Waals surface area contributed by atoms with Crippen LogP contribution in [-0.4, -0.2) is 23.2 Å². The topological polar surface area (TPSA) is 79.2 Å². The molecule has 2 aromatic carbocycles. The number of carbonyl (C=O) groups is 2. The Hall–Kier alpha value is -2.78. The summed E-state index contributed by atoms with van der Waals surface area (Å²) in [6.45, 7) is 3.23. The first kappa shape index (κ1) is 18.6. The zero-order valence-electron chi connectivity index (χ0n) is 13.9. The summed E-state index contributed by atoms with van der Waals surface area (Å²) in [5, 5.41) is 11.2. The van der Waals surface area contributed by atoms with Crippen molar-refractivity contribution in [3.8, 4) is 6.07 Å². The molecule has 2 aromatic rings. The summed E-state index contributed by atoms with van der Waals surface area (Å²) < 4.78 is 5.24. The Morgan fingerprint density at radius 2 is 1.72 bits per heavy atom. The summed E-state index contributed by atoms with van der Waals surface area (Å²) in [7, 11) is 0. The molecule has 0 radical (unpaired) electrons. The molecular formula is C19H18N2O3S. The Labute approximate surface area is 151 Å². The van der Waals surface area contributed by atoms with Gasteiger partial charge >= 0.3 is 5.97 Å². The Morgan fingerprint density at radius 3 is 2.40 bits per heavy atom. The number of hydrogen-bond donors (Lipinski definition) is 1. The van der Waals surface area contributed by atoms with Crippen LogP contribution in [0.15, 0.2) is 59.5 Å². The van der Waals surface area contributed by atoms with Crippen LogP contribution in [0.4, 0.5) is 5.69 Å². The fourth-order valence-corrected chi connectivity index (χ4v) is 2.87. The molecule has 2 rings (SSSR count). The number of esters is 1. The maximum absolute atomic E-state index is 12.2. The quantitative estimate of drug-likeness (QED) is 0.633. The number of nitrogens with zero attached hydrogens (tertiary/aromatic N) is 1. The smallest absolute Gasteiger partial charge is 0.319 e. The van der Waals surface area contributed by atoms with E-state index in [2.05, 4.69) is 5.32 Å². The molecule has 0 saturated heterocycles. The second-order valence-corrected chi connectivity index (χ2v) is 6.71. The summed E-state index contributed by atoms with van der Waals surface area (Å²) >= 11 is 1.37. The van der Waals surface area contributed by atoms with Crippen molar-refractivity contribution in [1.29, 1.82) is 5.26 Å². The van der Waals surface area contributed by atoms with Crippen molar-refractivity contribution < 1.29 is 14.3 Å². The lowest BCUT2D eigenvalue weighted by Gasteiger charge is -2.17. The second-order valence-electron chi connectivity index (χ2n) is 5.30. The fourth-order valence-electron chi connectivity index (χ4n) is 2.00. The lowest BCUT2D eigenvalue weighted by molar-refractivity contribution is -0.152. The predicted molar refractivity (Wildman–Crippen MR) is 97.1 cm³/mol. The van der Waals surface area contributed by atoms with Crippen LogP contribution in [0.1, 0.15) is 19.4 Å². The van der Waals surface area contributed by atoms with Crippen molar-refractivity contribution in [1.82, 2.24) is 0 Å². The molecule has 128 valence electrons. The summed E-state index contributed by atoms with van der Waals surface area (Å²) in [5.41, 5.74) is 0.743. The fraction of sp³-hybridized carbons (Fsp3) is 0.211. The summed E-state index contributed by atoms with van der Waals surface area (Å²) in [6, 6.07) is 18.1. The number of carbonyl (C=O) groups excluding carboxylic acids is 2. The van der Waals surface area contributed by atoms with Crippen molar-refractivity contribution >= 4 is 29.3 Å². The normalized spacial score (nSPS) is 12.5. The second kappa shape index (κ2) is 8.90. The highest BCUT2D eigenvalue weighted by molar-refractivity contribution is 8.00. The van der Waals surface area contributed by atoms with E-state index in [1.165, 1.54) is 18.7 Å². The predicted octanol–water partition coefficient (Wildman–Crippen LogP) is 3.61. The summed E-state index contributed by atoms with van der Waals surface area (Å²) in [5.74, 6) is -0.946. The number of hydrogen-bond acceptors (Lipinski definition) is 5. The molecule has 0 bridgehead atoms. The molecule has 0 aliphatic carbocycles. The van der Waals surface area contributed by atoms with Gasteiger partial charge in [0, 0.05) is 4.90 Å². The van der Waals surface area contributed by atoms with Gasteiger partial charge in [-0.05, 0) is 38.1 Å². The average Bonchev–Trinajstić information content (AvgIpc) is 2.62. The molecule has 25 heavy (non-hydrogen) atoms. The third-order valence-corrected chi connectivity index (χ3v) is 4.45. The minimum atomic E-state index is -0.960. The Bertz CT molecular complexity index is 787. The van der Waals surface area contributed by atoms with Gasteiger partial charge < -0.3 is 10.1 Å². The number of para-hydroxylation sites is 1. The minimum absolute atomic E-state index is 0.349. The molecule has 0 aromatic heterocycles. The van der Waals surface area contributed by atoms with Crippen LogP contribution in [0.25, 0.3) is 0 Å². The van der Waals surface area contributed by atoms with Gasteiger partial charge in [0.25, 0.3) is 5.91 Å². The van der Waals surface area contributed by atoms with Gasteiger partial charge in [0.2, 0.25) is 0 Å².